The van der Waals surface area contributed by atoms with Crippen LogP contribution in [-0.4, -0.2) is 0 Å². The summed E-state index contributed by atoms with van der Waals surface area (Å²) < 4.78 is 13.2. The highest BCUT2D eigenvalue weighted by molar-refractivity contribution is 5.85. The molecule has 0 spiro atoms. The van der Waals surface area contributed by atoms with E-state index in [0.29, 0.717) is 5.56 Å². The first-order chi connectivity index (χ1) is 5.66. The second-order valence-electron chi connectivity index (χ2n) is 2.61. The van der Waals surface area contributed by atoms with Crippen molar-refractivity contribution in [3.05, 3.63) is 35.1 Å². The van der Waals surface area contributed by atoms with Crippen molar-refractivity contribution in [2.75, 3.05) is 0 Å². The highest BCUT2D eigenvalue weighted by Crippen LogP contribution is 2.17. The quantitative estimate of drug-likeness (QED) is 0.755. The summed E-state index contributed by atoms with van der Waals surface area (Å²) in [6, 6.07) is 6.02. The maximum absolute atomic E-state index is 13.2. The first-order valence-corrected chi connectivity index (χ1v) is 3.61. The van der Waals surface area contributed by atoms with Gasteiger partial charge in [0.05, 0.1) is 5.56 Å². The molecule has 2 nitrogen and oxygen atoms in total. The van der Waals surface area contributed by atoms with Gasteiger partial charge in [-0.2, -0.15) is 5.26 Å². The van der Waals surface area contributed by atoms with Crippen molar-refractivity contribution in [1.29, 1.82) is 5.26 Å². The molecule has 1 aromatic rings. The molecule has 0 heterocycles. The molecule has 1 aromatic carbocycles. The number of hydrogen-bond donors (Lipinski definition) is 1. The topological polar surface area (TPSA) is 49.8 Å². The van der Waals surface area contributed by atoms with Crippen molar-refractivity contribution in [1.82, 2.24) is 0 Å². The first kappa shape index (κ1) is 11.9. The first-order valence-electron chi connectivity index (χ1n) is 3.61. The van der Waals surface area contributed by atoms with E-state index in [1.807, 2.05) is 0 Å². The third-order valence-corrected chi connectivity index (χ3v) is 1.64. The van der Waals surface area contributed by atoms with Crippen molar-refractivity contribution in [2.45, 2.75) is 13.0 Å². The normalized spacial score (nSPS) is 11.2. The Labute approximate surface area is 82.6 Å². The zero-order valence-corrected chi connectivity index (χ0v) is 7.94. The van der Waals surface area contributed by atoms with Crippen LogP contribution in [0.25, 0.3) is 0 Å². The molecule has 70 valence electrons. The summed E-state index contributed by atoms with van der Waals surface area (Å²) >= 11 is 0. The fourth-order valence-corrected chi connectivity index (χ4v) is 0.988. The molecule has 0 unspecified atom stereocenters. The van der Waals surface area contributed by atoms with Crippen LogP contribution in [-0.2, 0) is 0 Å². The summed E-state index contributed by atoms with van der Waals surface area (Å²) in [6.07, 6.45) is 0. The maximum atomic E-state index is 13.2. The van der Waals surface area contributed by atoms with Gasteiger partial charge >= 0.3 is 0 Å². The van der Waals surface area contributed by atoms with Gasteiger partial charge < -0.3 is 5.73 Å². The van der Waals surface area contributed by atoms with E-state index < -0.39 is 5.82 Å². The number of nitrogens with two attached hydrogens (primary N) is 1. The van der Waals surface area contributed by atoms with Crippen LogP contribution in [0.5, 0.6) is 0 Å². The van der Waals surface area contributed by atoms with Crippen molar-refractivity contribution < 1.29 is 4.39 Å². The second kappa shape index (κ2) is 4.80. The van der Waals surface area contributed by atoms with E-state index in [0.717, 1.165) is 0 Å². The predicted octanol–water partition coefficient (Wildman–Crippen LogP) is 2.14. The van der Waals surface area contributed by atoms with E-state index in [4.69, 9.17) is 11.0 Å². The summed E-state index contributed by atoms with van der Waals surface area (Å²) in [7, 11) is 0. The molecular formula is C9H10ClFN2. The summed E-state index contributed by atoms with van der Waals surface area (Å²) in [5, 5.41) is 8.49. The van der Waals surface area contributed by atoms with Gasteiger partial charge in [-0.3, -0.25) is 0 Å². The Morgan fingerprint density at radius 3 is 2.62 bits per heavy atom. The molecule has 0 radical (unpaired) electrons. The Morgan fingerprint density at radius 1 is 1.54 bits per heavy atom. The van der Waals surface area contributed by atoms with Gasteiger partial charge in [-0.25, -0.2) is 4.39 Å². The van der Waals surface area contributed by atoms with E-state index >= 15 is 0 Å². The Bertz CT molecular complexity index is 331. The molecule has 0 aliphatic rings. The third-order valence-electron chi connectivity index (χ3n) is 1.64. The molecule has 0 saturated carbocycles. The molecule has 0 amide bonds. The zero-order valence-electron chi connectivity index (χ0n) is 7.12. The lowest BCUT2D eigenvalue weighted by molar-refractivity contribution is 0.590. The maximum Gasteiger partial charge on any atom is 0.145 e. The highest BCUT2D eigenvalue weighted by atomic mass is 35.5. The van der Waals surface area contributed by atoms with Crippen LogP contribution in [0.1, 0.15) is 24.1 Å². The molecule has 4 heteroatoms. The Balaban J connectivity index is 0.00000144. The summed E-state index contributed by atoms with van der Waals surface area (Å²) in [4.78, 5) is 0. The van der Waals surface area contributed by atoms with Gasteiger partial charge in [-0.1, -0.05) is 12.1 Å². The summed E-state index contributed by atoms with van der Waals surface area (Å²) in [6.45, 7) is 1.68. The highest BCUT2D eigenvalue weighted by Gasteiger charge is 2.09. The summed E-state index contributed by atoms with van der Waals surface area (Å²) in [5.74, 6) is -0.505. The van der Waals surface area contributed by atoms with Crippen molar-refractivity contribution >= 4 is 12.4 Å². The molecular weight excluding hydrogens is 191 g/mol. The van der Waals surface area contributed by atoms with Gasteiger partial charge in [0.1, 0.15) is 11.9 Å². The summed E-state index contributed by atoms with van der Waals surface area (Å²) in [5.41, 5.74) is 5.92. The zero-order chi connectivity index (χ0) is 9.14. The molecule has 0 aromatic heterocycles. The average Bonchev–Trinajstić information content (AvgIpc) is 2.04. The predicted molar refractivity (Wildman–Crippen MR) is 51.0 cm³/mol. The van der Waals surface area contributed by atoms with Crippen LogP contribution >= 0.6 is 12.4 Å². The lowest BCUT2D eigenvalue weighted by atomic mass is 10.1. The smallest absolute Gasteiger partial charge is 0.145 e. The van der Waals surface area contributed by atoms with Gasteiger partial charge in [0, 0.05) is 11.6 Å². The molecule has 0 bridgehead atoms. The second-order valence-corrected chi connectivity index (χ2v) is 2.61. The van der Waals surface area contributed by atoms with E-state index in [1.165, 1.54) is 6.07 Å². The molecule has 0 saturated heterocycles. The van der Waals surface area contributed by atoms with Crippen LogP contribution in [0.3, 0.4) is 0 Å². The van der Waals surface area contributed by atoms with E-state index in [2.05, 4.69) is 0 Å². The SMILES string of the molecule is C[C@@H](N)c1cccc(C#N)c1F.Cl. The van der Waals surface area contributed by atoms with E-state index in [1.54, 1.807) is 25.1 Å². The molecule has 0 aliphatic heterocycles. The Hall–Kier alpha value is -1.11. The van der Waals surface area contributed by atoms with Crippen LogP contribution in [0.2, 0.25) is 0 Å². The van der Waals surface area contributed by atoms with Crippen LogP contribution in [0, 0.1) is 17.1 Å². The number of hydrogen-bond acceptors (Lipinski definition) is 2. The molecule has 0 fully saturated rings. The Morgan fingerprint density at radius 2 is 2.15 bits per heavy atom. The molecule has 2 N–H and O–H groups in total. The fourth-order valence-electron chi connectivity index (χ4n) is 0.988. The Kier molecular flexibility index (Phi) is 4.39. The number of nitriles is 1. The van der Waals surface area contributed by atoms with Crippen molar-refractivity contribution in [3.8, 4) is 6.07 Å². The average molecular weight is 201 g/mol. The standard InChI is InChI=1S/C9H9FN2.ClH/c1-6(12)8-4-2-3-7(5-11)9(8)10;/h2-4,6H,12H2,1H3;1H/t6-;/m1./s1. The lowest BCUT2D eigenvalue weighted by Gasteiger charge is -2.06. The van der Waals surface area contributed by atoms with Crippen molar-refractivity contribution in [2.24, 2.45) is 5.73 Å². The number of nitrogens with zero attached hydrogens (tertiary/aromatic N) is 1. The van der Waals surface area contributed by atoms with Gasteiger partial charge in [0.2, 0.25) is 0 Å². The number of rotatable bonds is 1. The monoisotopic (exact) mass is 200 g/mol. The van der Waals surface area contributed by atoms with Crippen LogP contribution in [0.4, 0.5) is 4.39 Å². The van der Waals surface area contributed by atoms with Crippen LogP contribution in [0.15, 0.2) is 18.2 Å². The fraction of sp³-hybridized carbons (Fsp3) is 0.222. The largest absolute Gasteiger partial charge is 0.324 e. The van der Waals surface area contributed by atoms with Crippen molar-refractivity contribution in [3.63, 3.8) is 0 Å². The minimum atomic E-state index is -0.505. The third kappa shape index (κ3) is 2.41. The van der Waals surface area contributed by atoms with Gasteiger partial charge in [0.15, 0.2) is 0 Å². The van der Waals surface area contributed by atoms with E-state index in [-0.39, 0.29) is 24.0 Å². The molecule has 0 aliphatic carbocycles. The van der Waals surface area contributed by atoms with Gasteiger partial charge in [0.25, 0.3) is 0 Å². The number of benzene rings is 1. The molecule has 1 atom stereocenters. The van der Waals surface area contributed by atoms with Gasteiger partial charge in [-0.15, -0.1) is 12.4 Å². The lowest BCUT2D eigenvalue weighted by Crippen LogP contribution is -2.08. The van der Waals surface area contributed by atoms with E-state index in [9.17, 15) is 4.39 Å². The number of halogens is 2. The van der Waals surface area contributed by atoms with Gasteiger partial charge in [-0.05, 0) is 13.0 Å². The minimum absolute atomic E-state index is 0. The minimum Gasteiger partial charge on any atom is -0.324 e. The molecule has 1 rings (SSSR count). The van der Waals surface area contributed by atoms with Crippen LogP contribution < -0.4 is 5.73 Å². The molecule has 13 heavy (non-hydrogen) atoms.